The van der Waals surface area contributed by atoms with Crippen molar-refractivity contribution in [1.82, 2.24) is 14.7 Å². The van der Waals surface area contributed by atoms with Crippen LogP contribution in [0.5, 0.6) is 0 Å². The number of nitrogens with one attached hydrogen (secondary N) is 1. The SMILES string of the molecule is Cc1cnn(C2CCN(C(=O)Nc3ccc(F)cc3F)CC2)c1. The number of hydrogen-bond acceptors (Lipinski definition) is 2. The number of halogens is 2. The van der Waals surface area contributed by atoms with Crippen LogP contribution >= 0.6 is 0 Å². The number of benzene rings is 1. The molecule has 1 aliphatic heterocycles. The maximum Gasteiger partial charge on any atom is 0.321 e. The molecule has 2 heterocycles. The lowest BCUT2D eigenvalue weighted by Gasteiger charge is -2.32. The highest BCUT2D eigenvalue weighted by molar-refractivity contribution is 5.89. The number of amides is 2. The highest BCUT2D eigenvalue weighted by Gasteiger charge is 2.24. The second-order valence-electron chi connectivity index (χ2n) is 5.77. The van der Waals surface area contributed by atoms with E-state index in [0.29, 0.717) is 13.1 Å². The molecular formula is C16H18F2N4O. The highest BCUT2D eigenvalue weighted by Crippen LogP contribution is 2.23. The van der Waals surface area contributed by atoms with E-state index < -0.39 is 11.6 Å². The van der Waals surface area contributed by atoms with Gasteiger partial charge in [-0.1, -0.05) is 0 Å². The first-order chi connectivity index (χ1) is 11.0. The number of nitrogens with zero attached hydrogens (tertiary/aromatic N) is 3. The molecule has 0 spiro atoms. The summed E-state index contributed by atoms with van der Waals surface area (Å²) in [5.41, 5.74) is 1.10. The van der Waals surface area contributed by atoms with E-state index in [1.807, 2.05) is 24.0 Å². The average Bonchev–Trinajstić information content (AvgIpc) is 2.97. The lowest BCUT2D eigenvalue weighted by atomic mass is 10.1. The van der Waals surface area contributed by atoms with Crippen molar-refractivity contribution < 1.29 is 13.6 Å². The summed E-state index contributed by atoms with van der Waals surface area (Å²) in [6.45, 7) is 3.12. The quantitative estimate of drug-likeness (QED) is 0.922. The van der Waals surface area contributed by atoms with Crippen LogP contribution in [0.1, 0.15) is 24.4 Å². The molecule has 122 valence electrons. The van der Waals surface area contributed by atoms with Crippen molar-refractivity contribution in [2.75, 3.05) is 18.4 Å². The summed E-state index contributed by atoms with van der Waals surface area (Å²) in [6.07, 6.45) is 5.39. The molecular weight excluding hydrogens is 302 g/mol. The van der Waals surface area contributed by atoms with E-state index in [-0.39, 0.29) is 17.8 Å². The first kappa shape index (κ1) is 15.5. The number of anilines is 1. The summed E-state index contributed by atoms with van der Waals surface area (Å²) in [6, 6.07) is 3.00. The molecule has 0 bridgehead atoms. The van der Waals surface area contributed by atoms with Gasteiger partial charge in [0.05, 0.1) is 17.9 Å². The summed E-state index contributed by atoms with van der Waals surface area (Å²) in [7, 11) is 0. The molecule has 0 unspecified atom stereocenters. The lowest BCUT2D eigenvalue weighted by molar-refractivity contribution is 0.180. The molecule has 7 heteroatoms. The number of carbonyl (C=O) groups excluding carboxylic acids is 1. The topological polar surface area (TPSA) is 50.2 Å². The predicted molar refractivity (Wildman–Crippen MR) is 82.2 cm³/mol. The lowest BCUT2D eigenvalue weighted by Crippen LogP contribution is -2.41. The molecule has 2 aromatic rings. The van der Waals surface area contributed by atoms with Crippen LogP contribution in [0.25, 0.3) is 0 Å². The number of aromatic nitrogens is 2. The second kappa shape index (κ2) is 6.36. The fraction of sp³-hybridized carbons (Fsp3) is 0.375. The highest BCUT2D eigenvalue weighted by atomic mass is 19.1. The summed E-state index contributed by atoms with van der Waals surface area (Å²) in [5, 5.41) is 6.80. The number of piperidine rings is 1. The Hall–Kier alpha value is -2.44. The molecule has 1 saturated heterocycles. The first-order valence-corrected chi connectivity index (χ1v) is 7.54. The van der Waals surface area contributed by atoms with Crippen LogP contribution in [0.15, 0.2) is 30.6 Å². The summed E-state index contributed by atoms with van der Waals surface area (Å²) in [4.78, 5) is 13.8. The van der Waals surface area contributed by atoms with Crippen LogP contribution in [0.4, 0.5) is 19.3 Å². The number of aryl methyl sites for hydroxylation is 1. The molecule has 3 rings (SSSR count). The number of urea groups is 1. The maximum absolute atomic E-state index is 13.6. The van der Waals surface area contributed by atoms with Gasteiger partial charge in [-0.2, -0.15) is 5.10 Å². The molecule has 0 saturated carbocycles. The van der Waals surface area contributed by atoms with Gasteiger partial charge in [-0.15, -0.1) is 0 Å². The Morgan fingerprint density at radius 1 is 1.30 bits per heavy atom. The molecule has 0 radical (unpaired) electrons. The van der Waals surface area contributed by atoms with Crippen molar-refractivity contribution in [3.63, 3.8) is 0 Å². The van der Waals surface area contributed by atoms with Crippen molar-refractivity contribution in [2.45, 2.75) is 25.8 Å². The molecule has 1 aliphatic rings. The van der Waals surface area contributed by atoms with E-state index in [4.69, 9.17) is 0 Å². The van der Waals surface area contributed by atoms with Gasteiger partial charge in [-0.3, -0.25) is 4.68 Å². The van der Waals surface area contributed by atoms with Crippen LogP contribution in [0.2, 0.25) is 0 Å². The third kappa shape index (κ3) is 3.49. The Kier molecular flexibility index (Phi) is 4.27. The Bertz CT molecular complexity index is 708. The Labute approximate surface area is 132 Å². The molecule has 1 N–H and O–H groups in total. The van der Waals surface area contributed by atoms with Gasteiger partial charge in [0.25, 0.3) is 0 Å². The van der Waals surface area contributed by atoms with E-state index >= 15 is 0 Å². The maximum atomic E-state index is 13.6. The monoisotopic (exact) mass is 320 g/mol. The molecule has 2 amide bonds. The van der Waals surface area contributed by atoms with E-state index in [2.05, 4.69) is 10.4 Å². The van der Waals surface area contributed by atoms with E-state index in [9.17, 15) is 13.6 Å². The molecule has 0 atom stereocenters. The Balaban J connectivity index is 1.58. The van der Waals surface area contributed by atoms with Gasteiger partial charge in [-0.05, 0) is 37.5 Å². The number of carbonyl (C=O) groups is 1. The summed E-state index contributed by atoms with van der Waals surface area (Å²) in [5.74, 6) is -1.45. The number of likely N-dealkylation sites (tertiary alicyclic amines) is 1. The van der Waals surface area contributed by atoms with Gasteiger partial charge in [0.15, 0.2) is 0 Å². The minimum absolute atomic E-state index is 0.0128. The normalized spacial score (nSPS) is 15.7. The van der Waals surface area contributed by atoms with Crippen molar-refractivity contribution in [3.8, 4) is 0 Å². The Morgan fingerprint density at radius 3 is 2.65 bits per heavy atom. The summed E-state index contributed by atoms with van der Waals surface area (Å²) < 4.78 is 28.4. The molecule has 1 fully saturated rings. The largest absolute Gasteiger partial charge is 0.324 e. The molecule has 23 heavy (non-hydrogen) atoms. The molecule has 1 aromatic heterocycles. The Morgan fingerprint density at radius 2 is 2.04 bits per heavy atom. The van der Waals surface area contributed by atoms with Crippen molar-refractivity contribution in [3.05, 3.63) is 47.8 Å². The minimum atomic E-state index is -0.778. The van der Waals surface area contributed by atoms with Crippen LogP contribution < -0.4 is 5.32 Å². The van der Waals surface area contributed by atoms with E-state index in [0.717, 1.165) is 30.5 Å². The van der Waals surface area contributed by atoms with Gasteiger partial charge in [0.2, 0.25) is 0 Å². The van der Waals surface area contributed by atoms with Gasteiger partial charge in [0, 0.05) is 25.4 Å². The van der Waals surface area contributed by atoms with Crippen molar-refractivity contribution in [2.24, 2.45) is 0 Å². The molecule has 0 aliphatic carbocycles. The van der Waals surface area contributed by atoms with Gasteiger partial charge >= 0.3 is 6.03 Å². The van der Waals surface area contributed by atoms with Crippen molar-refractivity contribution >= 4 is 11.7 Å². The van der Waals surface area contributed by atoms with Crippen LogP contribution in [0, 0.1) is 18.6 Å². The van der Waals surface area contributed by atoms with Crippen LogP contribution in [-0.4, -0.2) is 33.8 Å². The smallest absolute Gasteiger partial charge is 0.321 e. The van der Waals surface area contributed by atoms with E-state index in [1.54, 1.807) is 4.90 Å². The average molecular weight is 320 g/mol. The molecule has 1 aromatic carbocycles. The minimum Gasteiger partial charge on any atom is -0.324 e. The fourth-order valence-electron chi connectivity index (χ4n) is 2.75. The zero-order valence-electron chi connectivity index (χ0n) is 12.8. The standard InChI is InChI=1S/C16H18F2N4O/c1-11-9-19-22(10-11)13-4-6-21(7-5-13)16(23)20-15-3-2-12(17)8-14(15)18/h2-3,8-10,13H,4-7H2,1H3,(H,20,23). The summed E-state index contributed by atoms with van der Waals surface area (Å²) >= 11 is 0. The zero-order chi connectivity index (χ0) is 16.4. The third-order valence-electron chi connectivity index (χ3n) is 4.03. The van der Waals surface area contributed by atoms with Crippen LogP contribution in [-0.2, 0) is 0 Å². The van der Waals surface area contributed by atoms with Gasteiger partial charge in [-0.25, -0.2) is 13.6 Å². The predicted octanol–water partition coefficient (Wildman–Crippen LogP) is 3.34. The van der Waals surface area contributed by atoms with Crippen molar-refractivity contribution in [1.29, 1.82) is 0 Å². The van der Waals surface area contributed by atoms with Gasteiger partial charge in [0.1, 0.15) is 11.6 Å². The first-order valence-electron chi connectivity index (χ1n) is 7.54. The third-order valence-corrected chi connectivity index (χ3v) is 4.03. The zero-order valence-corrected chi connectivity index (χ0v) is 12.8. The number of hydrogen-bond donors (Lipinski definition) is 1. The van der Waals surface area contributed by atoms with E-state index in [1.165, 1.54) is 6.07 Å². The fourth-order valence-corrected chi connectivity index (χ4v) is 2.75. The number of rotatable bonds is 2. The van der Waals surface area contributed by atoms with Crippen LogP contribution in [0.3, 0.4) is 0 Å². The van der Waals surface area contributed by atoms with Gasteiger partial charge < -0.3 is 10.2 Å². The molecule has 5 nitrogen and oxygen atoms in total. The second-order valence-corrected chi connectivity index (χ2v) is 5.77.